The Balaban J connectivity index is 0. The van der Waals surface area contributed by atoms with Crippen LogP contribution in [0.25, 0.3) is 0 Å². The summed E-state index contributed by atoms with van der Waals surface area (Å²) < 4.78 is 51.9. The molecule has 0 saturated carbocycles. The van der Waals surface area contributed by atoms with E-state index in [1.807, 2.05) is 0 Å². The summed E-state index contributed by atoms with van der Waals surface area (Å²) in [4.78, 5) is 21.7. The van der Waals surface area contributed by atoms with Crippen LogP contribution >= 0.6 is 0 Å². The monoisotopic (exact) mass is 285 g/mol. The zero-order valence-corrected chi connectivity index (χ0v) is 11.8. The number of hydrogen-bond donors (Lipinski definition) is 2. The summed E-state index contributed by atoms with van der Waals surface area (Å²) in [6, 6.07) is 0. The van der Waals surface area contributed by atoms with E-state index in [0.717, 1.165) is 0 Å². The van der Waals surface area contributed by atoms with Gasteiger partial charge in [0, 0.05) is 29.6 Å². The predicted octanol–water partition coefficient (Wildman–Crippen LogP) is -0.292. The molecule has 0 fully saturated rings. The van der Waals surface area contributed by atoms with E-state index in [1.54, 1.807) is 0 Å². The van der Waals surface area contributed by atoms with Crippen molar-refractivity contribution in [3.8, 4) is 0 Å². The quantitative estimate of drug-likeness (QED) is 0.321. The minimum absolute atomic E-state index is 0. The van der Waals surface area contributed by atoms with Crippen molar-refractivity contribution in [2.75, 3.05) is 0 Å². The van der Waals surface area contributed by atoms with Crippen LogP contribution in [-0.2, 0) is 14.3 Å². The third kappa shape index (κ3) is 4.47. The van der Waals surface area contributed by atoms with Crippen molar-refractivity contribution < 1.29 is 42.1 Å². The molecule has 2 unspecified atom stereocenters. The van der Waals surface area contributed by atoms with Gasteiger partial charge in [0.2, 0.25) is 11.2 Å². The summed E-state index contributed by atoms with van der Waals surface area (Å²) in [5.74, 6) is -4.25. The van der Waals surface area contributed by atoms with E-state index < -0.39 is 36.0 Å². The summed E-state index contributed by atoms with van der Waals surface area (Å²) in [6.07, 6.45) is -7.17. The van der Waals surface area contributed by atoms with Gasteiger partial charge in [-0.05, 0) is 13.8 Å². The number of hydrogen-bond acceptors (Lipinski definition) is 5. The first-order valence-corrected chi connectivity index (χ1v) is 4.21. The zero-order chi connectivity index (χ0) is 14.0. The average Bonchev–Trinajstić information content (AvgIpc) is 2.16. The summed E-state index contributed by atoms with van der Waals surface area (Å²) in [5.41, 5.74) is -6.65. The molecule has 0 heterocycles. The van der Waals surface area contributed by atoms with Gasteiger partial charge in [0.25, 0.3) is 12.9 Å². The van der Waals surface area contributed by atoms with E-state index in [-0.39, 0.29) is 29.6 Å². The first-order valence-electron chi connectivity index (χ1n) is 4.21. The molecule has 101 valence electrons. The molecule has 2 N–H and O–H groups in total. The molecule has 0 saturated heterocycles. The van der Waals surface area contributed by atoms with Gasteiger partial charge in [-0.15, -0.1) is 0 Å². The van der Waals surface area contributed by atoms with Crippen molar-refractivity contribution in [2.24, 2.45) is 0 Å². The first kappa shape index (κ1) is 20.1. The Hall–Kier alpha value is -0.220. The van der Waals surface area contributed by atoms with Crippen LogP contribution in [0.5, 0.6) is 0 Å². The Morgan fingerprint density at radius 2 is 1.17 bits per heavy atom. The van der Waals surface area contributed by atoms with Crippen molar-refractivity contribution in [1.82, 2.24) is 0 Å². The number of halogens is 4. The van der Waals surface area contributed by atoms with E-state index in [2.05, 4.69) is 4.74 Å². The van der Waals surface area contributed by atoms with Gasteiger partial charge in [-0.1, -0.05) is 0 Å². The molecule has 0 spiro atoms. The second kappa shape index (κ2) is 6.80. The van der Waals surface area contributed by atoms with Crippen LogP contribution in [0.4, 0.5) is 17.6 Å². The molecule has 0 rings (SSSR count). The Bertz CT molecular complexity index is 289. The van der Waals surface area contributed by atoms with Gasteiger partial charge in [-0.2, -0.15) is 0 Å². The number of esters is 2. The van der Waals surface area contributed by atoms with Crippen LogP contribution in [0, 0.1) is 0 Å². The molecule has 18 heavy (non-hydrogen) atoms. The van der Waals surface area contributed by atoms with Crippen molar-refractivity contribution in [3.05, 3.63) is 0 Å². The molecule has 0 aliphatic carbocycles. The zero-order valence-electron chi connectivity index (χ0n) is 9.79. The molecule has 0 aromatic rings. The molecule has 1 radical (unpaired) electrons. The van der Waals surface area contributed by atoms with Crippen LogP contribution in [0.15, 0.2) is 0 Å². The van der Waals surface area contributed by atoms with Crippen LogP contribution in [0.2, 0.25) is 0 Å². The van der Waals surface area contributed by atoms with Crippen LogP contribution in [-0.4, -0.2) is 75.8 Å². The third-order valence-corrected chi connectivity index (χ3v) is 1.86. The van der Waals surface area contributed by atoms with E-state index in [1.165, 1.54) is 0 Å². The predicted molar refractivity (Wildman–Crippen MR) is 50.1 cm³/mol. The maximum Gasteiger partial charge on any atom is 0.351 e. The van der Waals surface area contributed by atoms with Gasteiger partial charge in [0.15, 0.2) is 0 Å². The summed E-state index contributed by atoms with van der Waals surface area (Å²) in [7, 11) is 0. The van der Waals surface area contributed by atoms with Crippen LogP contribution in [0.3, 0.4) is 0 Å². The fraction of sp³-hybridized carbons (Fsp3) is 0.750. The SMILES string of the molecule is CC(O)(C(=O)OC(=O)C(C)(O)C(F)F)C(F)F.[Na]. The molecule has 10 heteroatoms. The topological polar surface area (TPSA) is 83.8 Å². The molecule has 0 aromatic carbocycles. The van der Waals surface area contributed by atoms with Crippen LogP contribution < -0.4 is 0 Å². The molecular formula is C8H10F4NaO5. The Morgan fingerprint density at radius 3 is 1.33 bits per heavy atom. The first-order chi connectivity index (χ1) is 7.44. The van der Waals surface area contributed by atoms with Crippen molar-refractivity contribution in [3.63, 3.8) is 0 Å². The van der Waals surface area contributed by atoms with Gasteiger partial charge < -0.3 is 14.9 Å². The summed E-state index contributed by atoms with van der Waals surface area (Å²) in [6.45, 7) is 0.675. The molecule has 5 nitrogen and oxygen atoms in total. The number of alkyl halides is 4. The standard InChI is InChI=1S/C8H10F4O5.Na/c1-7(15,3(9)10)5(13)17-6(14)8(2,16)4(11)12;/h3-4,15-16H,1-2H3;. The molecule has 0 aromatic heterocycles. The number of carbonyl (C=O) groups is 2. The normalized spacial score (nSPS) is 17.7. The van der Waals surface area contributed by atoms with Crippen LogP contribution in [0.1, 0.15) is 13.8 Å². The van der Waals surface area contributed by atoms with E-state index in [9.17, 15) is 27.2 Å². The van der Waals surface area contributed by atoms with Gasteiger partial charge >= 0.3 is 11.9 Å². The molecule has 2 atom stereocenters. The second-order valence-corrected chi connectivity index (χ2v) is 3.57. The molecule has 0 aliphatic heterocycles. The molecule has 0 bridgehead atoms. The van der Waals surface area contributed by atoms with Crippen molar-refractivity contribution in [1.29, 1.82) is 0 Å². The number of ether oxygens (including phenoxy) is 1. The summed E-state index contributed by atoms with van der Waals surface area (Å²) in [5, 5.41) is 17.7. The van der Waals surface area contributed by atoms with E-state index in [0.29, 0.717) is 13.8 Å². The van der Waals surface area contributed by atoms with Crippen molar-refractivity contribution >= 4 is 41.5 Å². The minimum atomic E-state index is -3.58. The Labute approximate surface area is 121 Å². The molecule has 0 amide bonds. The molecular weight excluding hydrogens is 275 g/mol. The Kier molecular flexibility index (Phi) is 7.60. The second-order valence-electron chi connectivity index (χ2n) is 3.57. The van der Waals surface area contributed by atoms with E-state index in [4.69, 9.17) is 10.2 Å². The number of aliphatic hydroxyl groups is 2. The number of rotatable bonds is 4. The molecule has 0 aliphatic rings. The van der Waals surface area contributed by atoms with Crippen molar-refractivity contribution in [2.45, 2.75) is 37.9 Å². The third-order valence-electron chi connectivity index (χ3n) is 1.86. The van der Waals surface area contributed by atoms with Gasteiger partial charge in [0.1, 0.15) is 0 Å². The number of carbonyl (C=O) groups excluding carboxylic acids is 2. The van der Waals surface area contributed by atoms with Gasteiger partial charge in [-0.3, -0.25) is 0 Å². The van der Waals surface area contributed by atoms with Gasteiger partial charge in [-0.25, -0.2) is 27.2 Å². The maximum atomic E-state index is 12.1. The fourth-order valence-electron chi connectivity index (χ4n) is 0.469. The fourth-order valence-corrected chi connectivity index (χ4v) is 0.469. The summed E-state index contributed by atoms with van der Waals surface area (Å²) >= 11 is 0. The minimum Gasteiger partial charge on any atom is -0.389 e. The largest absolute Gasteiger partial charge is 0.389 e. The maximum absolute atomic E-state index is 12.1. The van der Waals surface area contributed by atoms with Gasteiger partial charge in [0.05, 0.1) is 0 Å². The smallest absolute Gasteiger partial charge is 0.351 e. The Morgan fingerprint density at radius 1 is 0.944 bits per heavy atom. The average molecular weight is 285 g/mol. The van der Waals surface area contributed by atoms with E-state index >= 15 is 0 Å².